The minimum Gasteiger partial charge on any atom is -0.497 e. The van der Waals surface area contributed by atoms with E-state index < -0.39 is 0 Å². The van der Waals surface area contributed by atoms with E-state index in [9.17, 15) is 0 Å². The molecule has 108 valence electrons. The molecule has 0 aliphatic heterocycles. The first-order valence-corrected chi connectivity index (χ1v) is 7.62. The lowest BCUT2D eigenvalue weighted by Gasteiger charge is -2.03. The lowest BCUT2D eigenvalue weighted by Crippen LogP contribution is -1.90. The molecule has 0 radical (unpaired) electrons. The summed E-state index contributed by atoms with van der Waals surface area (Å²) in [5.41, 5.74) is 4.81. The molecule has 0 N–H and O–H groups in total. The van der Waals surface area contributed by atoms with E-state index in [1.54, 1.807) is 7.11 Å². The van der Waals surface area contributed by atoms with Crippen molar-refractivity contribution in [3.05, 3.63) is 59.3 Å². The van der Waals surface area contributed by atoms with Crippen LogP contribution in [0, 0.1) is 0 Å². The van der Waals surface area contributed by atoms with Crippen molar-refractivity contribution in [2.24, 2.45) is 0 Å². The molecule has 0 aliphatic rings. The first kappa shape index (κ1) is 13.3. The minimum absolute atomic E-state index is 0.834. The highest BCUT2D eigenvalue weighted by Crippen LogP contribution is 2.25. The molecular formula is C17H12BrN3O. The Morgan fingerprint density at radius 1 is 1.05 bits per heavy atom. The van der Waals surface area contributed by atoms with E-state index in [1.807, 2.05) is 59.3 Å². The van der Waals surface area contributed by atoms with Crippen molar-refractivity contribution in [3.8, 4) is 17.0 Å². The molecule has 0 bridgehead atoms. The zero-order chi connectivity index (χ0) is 15.1. The van der Waals surface area contributed by atoms with Gasteiger partial charge in [0.1, 0.15) is 17.7 Å². The Morgan fingerprint density at radius 3 is 2.64 bits per heavy atom. The lowest BCUT2D eigenvalue weighted by atomic mass is 10.1. The summed E-state index contributed by atoms with van der Waals surface area (Å²) >= 11 is 3.49. The highest BCUT2D eigenvalue weighted by molar-refractivity contribution is 9.10. The van der Waals surface area contributed by atoms with Gasteiger partial charge >= 0.3 is 0 Å². The predicted molar refractivity (Wildman–Crippen MR) is 90.2 cm³/mol. The molecule has 2 heterocycles. The minimum atomic E-state index is 0.834. The molecule has 0 atom stereocenters. The summed E-state index contributed by atoms with van der Waals surface area (Å²) in [6.45, 7) is 0. The fourth-order valence-corrected chi connectivity index (χ4v) is 2.86. The molecule has 0 saturated carbocycles. The number of hydrogen-bond acceptors (Lipinski definition) is 3. The molecule has 0 fully saturated rings. The Hall–Kier alpha value is -2.40. The maximum Gasteiger partial charge on any atom is 0.141 e. The fraction of sp³-hybridized carbons (Fsp3) is 0.0588. The number of aromatic nitrogens is 3. The second kappa shape index (κ2) is 5.10. The van der Waals surface area contributed by atoms with Crippen molar-refractivity contribution >= 4 is 32.6 Å². The molecule has 4 rings (SSSR count). The molecule has 4 nitrogen and oxygen atoms in total. The highest BCUT2D eigenvalue weighted by Gasteiger charge is 2.07. The Kier molecular flexibility index (Phi) is 3.08. The summed E-state index contributed by atoms with van der Waals surface area (Å²) in [7, 11) is 1.66. The molecule has 0 aliphatic carbocycles. The number of fused-ring (bicyclic) bond motifs is 3. The van der Waals surface area contributed by atoms with Gasteiger partial charge in [0.25, 0.3) is 0 Å². The summed E-state index contributed by atoms with van der Waals surface area (Å²) in [4.78, 5) is 9.21. The Bertz CT molecular complexity index is 976. The highest BCUT2D eigenvalue weighted by atomic mass is 79.9. The molecule has 2 aromatic carbocycles. The van der Waals surface area contributed by atoms with Crippen LogP contribution in [-0.2, 0) is 0 Å². The smallest absolute Gasteiger partial charge is 0.141 e. The van der Waals surface area contributed by atoms with Crippen LogP contribution in [0.5, 0.6) is 5.75 Å². The molecule has 22 heavy (non-hydrogen) atoms. The SMILES string of the molecule is COc1ccc(-c2cc3nc4ccc(Br)cc4n3cn2)cc1. The van der Waals surface area contributed by atoms with Gasteiger partial charge < -0.3 is 4.74 Å². The summed E-state index contributed by atoms with van der Waals surface area (Å²) in [5.74, 6) is 0.834. The first-order chi connectivity index (χ1) is 10.7. The molecule has 0 unspecified atom stereocenters. The third-order valence-corrected chi connectivity index (χ3v) is 4.14. The van der Waals surface area contributed by atoms with Gasteiger partial charge in [-0.2, -0.15) is 0 Å². The van der Waals surface area contributed by atoms with Gasteiger partial charge in [-0.3, -0.25) is 4.40 Å². The van der Waals surface area contributed by atoms with E-state index in [1.165, 1.54) is 0 Å². The number of hydrogen-bond donors (Lipinski definition) is 0. The van der Waals surface area contributed by atoms with Crippen molar-refractivity contribution in [3.63, 3.8) is 0 Å². The Morgan fingerprint density at radius 2 is 1.86 bits per heavy atom. The Labute approximate surface area is 135 Å². The van der Waals surface area contributed by atoms with Crippen molar-refractivity contribution < 1.29 is 4.74 Å². The van der Waals surface area contributed by atoms with Crippen LogP contribution in [-0.4, -0.2) is 21.5 Å². The van der Waals surface area contributed by atoms with Gasteiger partial charge in [-0.25, -0.2) is 9.97 Å². The van der Waals surface area contributed by atoms with E-state index >= 15 is 0 Å². The Balaban J connectivity index is 1.87. The quantitative estimate of drug-likeness (QED) is 0.538. The topological polar surface area (TPSA) is 39.4 Å². The zero-order valence-corrected chi connectivity index (χ0v) is 13.4. The van der Waals surface area contributed by atoms with Crippen LogP contribution in [0.1, 0.15) is 0 Å². The molecule has 0 spiro atoms. The van der Waals surface area contributed by atoms with Gasteiger partial charge in [-0.05, 0) is 42.5 Å². The number of imidazole rings is 1. The van der Waals surface area contributed by atoms with E-state index in [2.05, 4.69) is 25.9 Å². The number of methoxy groups -OCH3 is 1. The van der Waals surface area contributed by atoms with Gasteiger partial charge in [0.2, 0.25) is 0 Å². The molecule has 0 amide bonds. The van der Waals surface area contributed by atoms with Gasteiger partial charge in [-0.1, -0.05) is 15.9 Å². The van der Waals surface area contributed by atoms with Crippen LogP contribution in [0.15, 0.2) is 59.3 Å². The van der Waals surface area contributed by atoms with Crippen LogP contribution in [0.3, 0.4) is 0 Å². The number of ether oxygens (including phenoxy) is 1. The van der Waals surface area contributed by atoms with E-state index in [4.69, 9.17) is 4.74 Å². The number of rotatable bonds is 2. The van der Waals surface area contributed by atoms with Crippen LogP contribution < -0.4 is 4.74 Å². The van der Waals surface area contributed by atoms with Crippen molar-refractivity contribution in [1.82, 2.24) is 14.4 Å². The van der Waals surface area contributed by atoms with Crippen molar-refractivity contribution in [2.75, 3.05) is 7.11 Å². The van der Waals surface area contributed by atoms with E-state index in [0.29, 0.717) is 0 Å². The monoisotopic (exact) mass is 353 g/mol. The van der Waals surface area contributed by atoms with E-state index in [0.717, 1.165) is 38.2 Å². The van der Waals surface area contributed by atoms with Crippen molar-refractivity contribution in [1.29, 1.82) is 0 Å². The molecule has 4 aromatic rings. The first-order valence-electron chi connectivity index (χ1n) is 6.82. The second-order valence-electron chi connectivity index (χ2n) is 4.98. The summed E-state index contributed by atoms with van der Waals surface area (Å²) in [6, 6.07) is 15.9. The van der Waals surface area contributed by atoms with Gasteiger partial charge in [-0.15, -0.1) is 0 Å². The third-order valence-electron chi connectivity index (χ3n) is 3.64. The normalized spacial score (nSPS) is 11.2. The van der Waals surface area contributed by atoms with Crippen LogP contribution >= 0.6 is 15.9 Å². The molecular weight excluding hydrogens is 342 g/mol. The fourth-order valence-electron chi connectivity index (χ4n) is 2.51. The van der Waals surface area contributed by atoms with Crippen LogP contribution in [0.25, 0.3) is 27.9 Å². The summed E-state index contributed by atoms with van der Waals surface area (Å²) in [5, 5.41) is 0. The zero-order valence-electron chi connectivity index (χ0n) is 11.8. The van der Waals surface area contributed by atoms with Crippen LogP contribution in [0.2, 0.25) is 0 Å². The molecule has 5 heteroatoms. The predicted octanol–water partition coefficient (Wildman–Crippen LogP) is 4.32. The van der Waals surface area contributed by atoms with Gasteiger partial charge in [0, 0.05) is 16.1 Å². The average Bonchev–Trinajstić information content (AvgIpc) is 2.92. The third kappa shape index (κ3) is 2.14. The lowest BCUT2D eigenvalue weighted by molar-refractivity contribution is 0.415. The average molecular weight is 354 g/mol. The van der Waals surface area contributed by atoms with Gasteiger partial charge in [0.05, 0.1) is 23.8 Å². The van der Waals surface area contributed by atoms with Crippen molar-refractivity contribution in [2.45, 2.75) is 0 Å². The molecule has 0 saturated heterocycles. The number of benzene rings is 2. The molecule has 2 aromatic heterocycles. The standard InChI is InChI=1S/C17H12BrN3O/c1-22-13-5-2-11(3-6-13)15-9-17-20-14-7-4-12(18)8-16(14)21(17)10-19-15/h2-10H,1H3. The summed E-state index contributed by atoms with van der Waals surface area (Å²) in [6.07, 6.45) is 1.82. The largest absolute Gasteiger partial charge is 0.497 e. The maximum atomic E-state index is 5.19. The van der Waals surface area contributed by atoms with Crippen LogP contribution in [0.4, 0.5) is 0 Å². The van der Waals surface area contributed by atoms with E-state index in [-0.39, 0.29) is 0 Å². The summed E-state index contributed by atoms with van der Waals surface area (Å²) < 4.78 is 8.21. The second-order valence-corrected chi connectivity index (χ2v) is 5.89. The number of nitrogens with zero attached hydrogens (tertiary/aromatic N) is 3. The maximum absolute atomic E-state index is 5.19. The number of halogens is 1. The van der Waals surface area contributed by atoms with Gasteiger partial charge in [0.15, 0.2) is 0 Å².